The Labute approximate surface area is 504 Å². The van der Waals surface area contributed by atoms with E-state index in [4.69, 9.17) is 28.1 Å². The Morgan fingerprint density at radius 2 is 0.767 bits per heavy atom. The van der Waals surface area contributed by atoms with E-state index in [1.165, 1.54) is 0 Å². The molecule has 6 aromatic carbocycles. The summed E-state index contributed by atoms with van der Waals surface area (Å²) in [5.41, 5.74) is 8.81. The van der Waals surface area contributed by atoms with Crippen LogP contribution < -0.4 is 29.6 Å². The molecule has 0 unspecified atom stereocenters. The van der Waals surface area contributed by atoms with Gasteiger partial charge in [0.05, 0.1) is 77.8 Å². The summed E-state index contributed by atoms with van der Waals surface area (Å²) in [5, 5.41) is 41.6. The zero-order chi connectivity index (χ0) is 62.4. The van der Waals surface area contributed by atoms with Gasteiger partial charge in [0.15, 0.2) is 0 Å². The molecular formula is C57H68N10O15S4. The summed E-state index contributed by atoms with van der Waals surface area (Å²) in [6, 6.07) is 27.1. The molecular weight excluding hydrogens is 1190 g/mol. The van der Waals surface area contributed by atoms with Crippen LogP contribution in [-0.2, 0) is 30.4 Å². The predicted octanol–water partition coefficient (Wildman–Crippen LogP) is 15.6. The molecule has 25 nitrogen and oxygen atoms in total. The lowest BCUT2D eigenvalue weighted by Gasteiger charge is -2.14. The van der Waals surface area contributed by atoms with Crippen LogP contribution in [0.5, 0.6) is 23.0 Å². The van der Waals surface area contributed by atoms with Crippen molar-refractivity contribution in [1.82, 2.24) is 0 Å². The van der Waals surface area contributed by atoms with Gasteiger partial charge in [-0.05, 0) is 186 Å². The lowest BCUT2D eigenvalue weighted by atomic mass is 10.1. The van der Waals surface area contributed by atoms with Gasteiger partial charge in [0, 0.05) is 41.4 Å². The second kappa shape index (κ2) is 32.1. The van der Waals surface area contributed by atoms with Crippen LogP contribution in [-0.4, -0.2) is 98.9 Å². The van der Waals surface area contributed by atoms with Crippen molar-refractivity contribution in [2.24, 2.45) is 40.9 Å². The number of ether oxygens (including phenoxy) is 4. The van der Waals surface area contributed by atoms with Crippen molar-refractivity contribution in [2.75, 3.05) is 60.1 Å². The van der Waals surface area contributed by atoms with Crippen molar-refractivity contribution >= 4 is 105 Å². The average Bonchev–Trinajstić information content (AvgIpc) is 1.57. The van der Waals surface area contributed by atoms with Crippen molar-refractivity contribution < 1.29 is 67.2 Å². The Hall–Kier alpha value is -7.77. The summed E-state index contributed by atoms with van der Waals surface area (Å²) < 4.78 is 127. The highest BCUT2D eigenvalue weighted by molar-refractivity contribution is 7.93. The molecule has 0 aliphatic heterocycles. The maximum absolute atomic E-state index is 13.6. The van der Waals surface area contributed by atoms with Gasteiger partial charge in [0.2, 0.25) is 0 Å². The number of hydrogen-bond acceptors (Lipinski definition) is 21. The first-order valence-electron chi connectivity index (χ1n) is 26.9. The molecule has 0 bridgehead atoms. The van der Waals surface area contributed by atoms with E-state index in [0.717, 1.165) is 5.56 Å². The standard InChI is InChI=1S/C57H68N10O15S4/c1-37-29-49(64-66-53-31-41(5)51(35-55(53)81-21-13-23-83-69)62-60-43-15-11-17-45(33-43)79-19-7-9-24-84(70,71)72)39(3)27-47(37)58-57(68)59-48-28-40(4)50(30-38(48)2)65-67-54-32-42(6)52(36-56(54)82-22-14-26-86(76,77)78)63-61-44-16-12-18-46(34-44)80-20-8-10-25-85(73,74)75/h11-12,15-18,27-36,69H,7-10,13-14,19-26H2,1-6H3,(H2,58,59,68)(H,70,71,72)(H,73,74,75)(H,76,77,78)/b62-60-,63-61?,66-64?,67-65?. The number of nitrogens with zero attached hydrogens (tertiary/aromatic N) is 8. The van der Waals surface area contributed by atoms with E-state index >= 15 is 0 Å². The van der Waals surface area contributed by atoms with Crippen LogP contribution in [0.3, 0.4) is 0 Å². The molecule has 6 N–H and O–H groups in total. The minimum absolute atomic E-state index is 0.0218. The lowest BCUT2D eigenvalue weighted by molar-refractivity contribution is 0.262. The van der Waals surface area contributed by atoms with E-state index < -0.39 is 42.1 Å². The molecule has 0 saturated carbocycles. The van der Waals surface area contributed by atoms with E-state index in [-0.39, 0.29) is 62.9 Å². The average molecular weight is 1260 g/mol. The molecule has 0 aliphatic rings. The van der Waals surface area contributed by atoms with Gasteiger partial charge in [-0.2, -0.15) is 55.9 Å². The van der Waals surface area contributed by atoms with Gasteiger partial charge in [-0.15, -0.1) is 10.2 Å². The first-order chi connectivity index (χ1) is 40.8. The molecule has 6 rings (SSSR count). The van der Waals surface area contributed by atoms with Gasteiger partial charge in [0.1, 0.15) is 34.4 Å². The fourth-order valence-electron chi connectivity index (χ4n) is 7.88. The number of rotatable bonds is 32. The van der Waals surface area contributed by atoms with E-state index in [9.17, 15) is 39.2 Å². The number of aryl methyl sites for hydroxylation is 6. The number of unbranched alkanes of at least 4 members (excludes halogenated alkanes) is 2. The maximum Gasteiger partial charge on any atom is 0.323 e. The third kappa shape index (κ3) is 23.2. The lowest BCUT2D eigenvalue weighted by Crippen LogP contribution is -2.20. The van der Waals surface area contributed by atoms with Gasteiger partial charge < -0.3 is 34.1 Å². The van der Waals surface area contributed by atoms with E-state index in [1.807, 2.05) is 20.8 Å². The van der Waals surface area contributed by atoms with Gasteiger partial charge in [-0.3, -0.25) is 13.7 Å². The zero-order valence-electron chi connectivity index (χ0n) is 48.1. The molecule has 0 aliphatic carbocycles. The number of azo groups is 4. The second-order valence-corrected chi connectivity index (χ2v) is 25.1. The molecule has 0 fully saturated rings. The Balaban J connectivity index is 1.12. The van der Waals surface area contributed by atoms with E-state index in [2.05, 4.69) is 51.5 Å². The number of anilines is 2. The highest BCUT2D eigenvalue weighted by Gasteiger charge is 2.16. The van der Waals surface area contributed by atoms with Crippen LogP contribution in [0.2, 0.25) is 0 Å². The molecule has 29 heteroatoms. The molecule has 0 atom stereocenters. The fourth-order valence-corrected chi connectivity index (χ4v) is 9.75. The Morgan fingerprint density at radius 3 is 1.19 bits per heavy atom. The normalized spacial score (nSPS) is 12.2. The number of amides is 2. The molecule has 0 radical (unpaired) electrons. The van der Waals surface area contributed by atoms with Crippen LogP contribution in [0.15, 0.2) is 138 Å². The Morgan fingerprint density at radius 1 is 0.419 bits per heavy atom. The minimum atomic E-state index is -4.24. The molecule has 460 valence electrons. The van der Waals surface area contributed by atoms with Crippen LogP contribution in [0.4, 0.5) is 61.7 Å². The summed E-state index contributed by atoms with van der Waals surface area (Å²) in [6.07, 6.45) is 1.84. The highest BCUT2D eigenvalue weighted by Crippen LogP contribution is 2.40. The number of urea groups is 1. The first kappa shape index (κ1) is 67.4. The van der Waals surface area contributed by atoms with E-state index in [0.29, 0.717) is 139 Å². The van der Waals surface area contributed by atoms with Crippen molar-refractivity contribution in [2.45, 2.75) is 80.1 Å². The molecule has 86 heavy (non-hydrogen) atoms. The quantitative estimate of drug-likeness (QED) is 0.00989. The summed E-state index contributed by atoms with van der Waals surface area (Å²) in [4.78, 5) is 13.6. The van der Waals surface area contributed by atoms with Gasteiger partial charge in [-0.1, -0.05) is 12.1 Å². The molecule has 6 aromatic rings. The van der Waals surface area contributed by atoms with Gasteiger partial charge in [-0.25, -0.2) is 4.79 Å². The summed E-state index contributed by atoms with van der Waals surface area (Å²) in [7, 11) is -12.3. The first-order valence-corrected chi connectivity index (χ1v) is 32.7. The number of carbonyl (C=O) groups is 1. The SMILES string of the molecule is Cc1cc(N=Nc2cc(C)c(NC(=O)Nc3cc(C)c(N=Nc4cc(C)c(/N=N\c5cccc(OCCCCS(=O)(=O)O)c5)cc4OCCCSO)cc3C)cc2C)c(OCCCS(=O)(=O)O)cc1N=Nc1cccc(OCCCCS(=O)(=O)O)c1. The largest absolute Gasteiger partial charge is 0.494 e. The van der Waals surface area contributed by atoms with Gasteiger partial charge >= 0.3 is 6.03 Å². The molecule has 0 saturated heterocycles. The van der Waals surface area contributed by atoms with Crippen LogP contribution in [0.25, 0.3) is 0 Å². The minimum Gasteiger partial charge on any atom is -0.494 e. The number of benzene rings is 6. The third-order valence-corrected chi connectivity index (χ3v) is 15.3. The summed E-state index contributed by atoms with van der Waals surface area (Å²) in [6.45, 7) is 11.6. The smallest absolute Gasteiger partial charge is 0.323 e. The number of nitrogens with one attached hydrogen (secondary N) is 2. The van der Waals surface area contributed by atoms with Crippen LogP contribution in [0, 0.1) is 41.5 Å². The Bertz CT molecular complexity index is 3830. The van der Waals surface area contributed by atoms with Crippen LogP contribution >= 0.6 is 12.0 Å². The fraction of sp³-hybridized carbons (Fsp3) is 0.351. The monoisotopic (exact) mass is 1260 g/mol. The summed E-state index contributed by atoms with van der Waals surface area (Å²) in [5.74, 6) is 0.832. The van der Waals surface area contributed by atoms with Crippen molar-refractivity contribution in [3.05, 3.63) is 130 Å². The van der Waals surface area contributed by atoms with Crippen molar-refractivity contribution in [3.8, 4) is 23.0 Å². The second-order valence-electron chi connectivity index (χ2n) is 19.7. The molecule has 2 amide bonds. The Kier molecular flexibility index (Phi) is 25.1. The number of hydrogen-bond donors (Lipinski definition) is 6. The zero-order valence-corrected chi connectivity index (χ0v) is 51.4. The van der Waals surface area contributed by atoms with E-state index in [1.54, 1.807) is 118 Å². The summed E-state index contributed by atoms with van der Waals surface area (Å²) >= 11 is 0.714. The van der Waals surface area contributed by atoms with Gasteiger partial charge in [0.25, 0.3) is 30.4 Å². The van der Waals surface area contributed by atoms with Crippen LogP contribution in [0.1, 0.15) is 71.9 Å². The molecule has 0 aromatic heterocycles. The topological polar surface area (TPSA) is 360 Å². The van der Waals surface area contributed by atoms with Crippen molar-refractivity contribution in [1.29, 1.82) is 0 Å². The maximum atomic E-state index is 13.6. The number of carbonyl (C=O) groups excluding carboxylic acids is 1. The highest BCUT2D eigenvalue weighted by atomic mass is 32.2. The van der Waals surface area contributed by atoms with Crippen molar-refractivity contribution in [3.63, 3.8) is 0 Å². The third-order valence-electron chi connectivity index (χ3n) is 12.4. The predicted molar refractivity (Wildman–Crippen MR) is 330 cm³/mol. The molecule has 0 heterocycles. The molecule has 0 spiro atoms.